The third-order valence-corrected chi connectivity index (χ3v) is 7.22. The van der Waals surface area contributed by atoms with Crippen LogP contribution in [-0.2, 0) is 16.0 Å². The van der Waals surface area contributed by atoms with Crippen molar-refractivity contribution < 1.29 is 19.2 Å². The van der Waals surface area contributed by atoms with E-state index in [2.05, 4.69) is 75.6 Å². The zero-order chi connectivity index (χ0) is 36.6. The number of carbonyl (C=O) groups is 1. The van der Waals surface area contributed by atoms with Crippen molar-refractivity contribution in [2.45, 2.75) is 83.5 Å². The predicted molar refractivity (Wildman–Crippen MR) is 201 cm³/mol. The lowest BCUT2D eigenvalue weighted by Gasteiger charge is -2.21. The summed E-state index contributed by atoms with van der Waals surface area (Å²) < 4.78 is 19.2. The fourth-order valence-electron chi connectivity index (χ4n) is 5.19. The molecule has 5 rings (SSSR count). The summed E-state index contributed by atoms with van der Waals surface area (Å²) in [7, 11) is 1.69. The Kier molecular flexibility index (Phi) is 43.7. The van der Waals surface area contributed by atoms with Gasteiger partial charge in [0.05, 0.1) is 19.7 Å². The molecular weight excluding hydrogens is 583 g/mol. The molecule has 0 aromatic heterocycles. The van der Waals surface area contributed by atoms with Gasteiger partial charge in [0, 0.05) is 38.1 Å². The molecule has 2 aliphatic heterocycles. The van der Waals surface area contributed by atoms with Gasteiger partial charge in [0.2, 0.25) is 6.41 Å². The van der Waals surface area contributed by atoms with Gasteiger partial charge in [-0.05, 0) is 49.8 Å². The first-order valence-electron chi connectivity index (χ1n) is 16.1. The number of hydrogen-bond acceptors (Lipinski definition) is 2. The zero-order valence-electron chi connectivity index (χ0n) is 29.1. The molecule has 2 saturated heterocycles. The van der Waals surface area contributed by atoms with E-state index in [0.29, 0.717) is 12.5 Å². The molecule has 256 valence electrons. The van der Waals surface area contributed by atoms with E-state index in [0.717, 1.165) is 62.1 Å². The average Bonchev–Trinajstić information content (AvgIpc) is 3.72. The van der Waals surface area contributed by atoms with E-state index in [9.17, 15) is 9.18 Å². The number of amides is 1. The summed E-state index contributed by atoms with van der Waals surface area (Å²) in [6, 6.07) is 15.8. The minimum atomic E-state index is -0.0311. The lowest BCUT2D eigenvalue weighted by Crippen LogP contribution is -2.81. The number of benzene rings is 2. The van der Waals surface area contributed by atoms with Gasteiger partial charge in [-0.3, -0.25) is 4.79 Å². The Labute approximate surface area is 288 Å². The van der Waals surface area contributed by atoms with Gasteiger partial charge in [-0.1, -0.05) is 81.0 Å². The minimum absolute atomic E-state index is 0.0311. The summed E-state index contributed by atoms with van der Waals surface area (Å²) in [5, 5.41) is 2.27. The summed E-state index contributed by atoms with van der Waals surface area (Å²) in [5.41, 5.74) is 3.06. The van der Waals surface area contributed by atoms with Gasteiger partial charge in [0.1, 0.15) is 5.82 Å². The maximum atomic E-state index is 14.1. The second kappa shape index (κ2) is 41.6. The van der Waals surface area contributed by atoms with Crippen LogP contribution < -0.4 is 5.32 Å². The monoisotopic (exact) mass is 643 g/mol. The molecule has 0 spiro atoms. The highest BCUT2D eigenvalue weighted by Crippen LogP contribution is 2.28. The van der Waals surface area contributed by atoms with Crippen molar-refractivity contribution in [3.05, 3.63) is 71.0 Å². The zero-order valence-corrected chi connectivity index (χ0v) is 29.1. The second-order valence-corrected chi connectivity index (χ2v) is 10.3. The number of nitrogens with two attached hydrogens (primary N) is 1. The SMILES string of the molecule is C#C.C#C.C#C.C#C.C#C.C1CCCCC1.COCCc1cc(C)cc(F)c1[C@H]1CC[NH2+]C1.O=CN1CCCCC1.c1ccccc1. The van der Waals surface area contributed by atoms with Crippen molar-refractivity contribution >= 4 is 6.41 Å². The Morgan fingerprint density at radius 2 is 1.19 bits per heavy atom. The van der Waals surface area contributed by atoms with Crippen molar-refractivity contribution in [1.29, 1.82) is 0 Å². The summed E-state index contributed by atoms with van der Waals surface area (Å²) in [6.07, 6.45) is 55.5. The highest BCUT2D eigenvalue weighted by Gasteiger charge is 2.25. The van der Waals surface area contributed by atoms with E-state index in [-0.39, 0.29) is 5.82 Å². The van der Waals surface area contributed by atoms with E-state index in [1.165, 1.54) is 57.8 Å². The first-order chi connectivity index (χ1) is 23.2. The second-order valence-electron chi connectivity index (χ2n) is 10.3. The molecule has 3 fully saturated rings. The number of carbonyl (C=O) groups excluding carboxylic acids is 1. The first-order valence-corrected chi connectivity index (χ1v) is 16.1. The van der Waals surface area contributed by atoms with Crippen LogP contribution in [0.15, 0.2) is 48.5 Å². The van der Waals surface area contributed by atoms with E-state index in [1.54, 1.807) is 13.2 Å². The molecule has 5 heteroatoms. The van der Waals surface area contributed by atoms with Crippen LogP contribution in [0.4, 0.5) is 4.39 Å². The van der Waals surface area contributed by atoms with Gasteiger partial charge in [-0.2, -0.15) is 0 Å². The Bertz CT molecular complexity index is 967. The average molecular weight is 644 g/mol. The molecule has 0 bridgehead atoms. The van der Waals surface area contributed by atoms with Crippen LogP contribution in [-0.4, -0.2) is 51.2 Å². The number of quaternary nitrogens is 1. The number of hydrogen-bond donors (Lipinski definition) is 1. The molecule has 0 radical (unpaired) electrons. The highest BCUT2D eigenvalue weighted by molar-refractivity contribution is 5.46. The van der Waals surface area contributed by atoms with Crippen molar-refractivity contribution in [2.75, 3.05) is 39.9 Å². The van der Waals surface area contributed by atoms with Crippen LogP contribution in [0.1, 0.15) is 86.8 Å². The Morgan fingerprint density at radius 1 is 0.766 bits per heavy atom. The molecule has 47 heavy (non-hydrogen) atoms. The third-order valence-electron chi connectivity index (χ3n) is 7.22. The molecule has 2 heterocycles. The molecule has 1 atom stereocenters. The van der Waals surface area contributed by atoms with E-state index >= 15 is 0 Å². The molecule has 2 aromatic rings. The summed E-state index contributed by atoms with van der Waals surface area (Å²) in [5.74, 6) is 0.346. The van der Waals surface area contributed by atoms with Crippen LogP contribution in [0.5, 0.6) is 0 Å². The summed E-state index contributed by atoms with van der Waals surface area (Å²) >= 11 is 0. The number of ether oxygens (including phenoxy) is 1. The number of rotatable bonds is 5. The van der Waals surface area contributed by atoms with Gasteiger partial charge in [-0.25, -0.2) is 4.39 Å². The molecule has 1 aliphatic carbocycles. The number of terminal acetylenes is 5. The van der Waals surface area contributed by atoms with Crippen molar-refractivity contribution in [2.24, 2.45) is 0 Å². The number of likely N-dealkylation sites (tertiary alicyclic amines) is 1. The lowest BCUT2D eigenvalue weighted by atomic mass is 9.90. The molecule has 4 nitrogen and oxygen atoms in total. The number of piperidine rings is 1. The predicted octanol–water partition coefficient (Wildman–Crippen LogP) is 7.28. The topological polar surface area (TPSA) is 46.1 Å². The van der Waals surface area contributed by atoms with E-state index in [1.807, 2.05) is 48.2 Å². The van der Waals surface area contributed by atoms with Crippen molar-refractivity contribution in [3.63, 3.8) is 0 Å². The molecule has 1 saturated carbocycles. The van der Waals surface area contributed by atoms with Gasteiger partial charge < -0.3 is 15.0 Å². The maximum absolute atomic E-state index is 14.1. The fraction of sp³-hybridized carbons (Fsp3) is 0.452. The molecular formula is C42H60FN2O2+. The van der Waals surface area contributed by atoms with Crippen molar-refractivity contribution in [3.8, 4) is 64.2 Å². The summed E-state index contributed by atoms with van der Waals surface area (Å²) in [6.45, 7) is 6.69. The van der Waals surface area contributed by atoms with E-state index < -0.39 is 0 Å². The molecule has 3 aliphatic rings. The Hall–Kier alpha value is -4.44. The van der Waals surface area contributed by atoms with Gasteiger partial charge in [0.15, 0.2) is 0 Å². The largest absolute Gasteiger partial charge is 0.384 e. The van der Waals surface area contributed by atoms with Crippen LogP contribution in [0.25, 0.3) is 0 Å². The van der Waals surface area contributed by atoms with Crippen LogP contribution in [0.2, 0.25) is 0 Å². The number of halogens is 1. The third kappa shape index (κ3) is 27.6. The normalized spacial score (nSPS) is 15.0. The van der Waals surface area contributed by atoms with Crippen LogP contribution in [0, 0.1) is 77.0 Å². The lowest BCUT2D eigenvalue weighted by molar-refractivity contribution is -0.636. The number of nitrogens with zero attached hydrogens (tertiary/aromatic N) is 1. The van der Waals surface area contributed by atoms with Gasteiger partial charge in [-0.15, -0.1) is 64.2 Å². The molecule has 2 N–H and O–H groups in total. The van der Waals surface area contributed by atoms with E-state index in [4.69, 9.17) is 4.74 Å². The quantitative estimate of drug-likeness (QED) is 0.275. The number of methoxy groups -OCH3 is 1. The van der Waals surface area contributed by atoms with Crippen molar-refractivity contribution in [1.82, 2.24) is 4.90 Å². The fourth-order valence-corrected chi connectivity index (χ4v) is 5.19. The van der Waals surface area contributed by atoms with Crippen LogP contribution >= 0.6 is 0 Å². The summed E-state index contributed by atoms with van der Waals surface area (Å²) in [4.78, 5) is 11.9. The molecule has 0 unspecified atom stereocenters. The molecule has 2 aromatic carbocycles. The standard InChI is InChI=1S/C14H20FNO.C6H11NO.C6H12.C6H6.5C2H2/c1-10-7-11(4-6-17-2)14(13(15)8-10)12-3-5-16-9-12;8-6-7-4-2-1-3-5-7;2*1-2-4-6-5-3-1;5*1-2/h7-8,12,16H,3-6,9H2,1-2H3;6H,1-5H2;1-6H2;1-6H;5*1-2H/p+1/t12-;;;;;;;;/m0......../s1. The van der Waals surface area contributed by atoms with Gasteiger partial charge in [0.25, 0.3) is 0 Å². The van der Waals surface area contributed by atoms with Gasteiger partial charge >= 0.3 is 0 Å². The minimum Gasteiger partial charge on any atom is -0.384 e. The highest BCUT2D eigenvalue weighted by atomic mass is 19.1. The smallest absolute Gasteiger partial charge is 0.209 e. The first kappa shape index (κ1) is 49.4. The molecule has 1 amide bonds. The number of aryl methyl sites for hydroxylation is 1. The Morgan fingerprint density at radius 3 is 1.53 bits per heavy atom. The maximum Gasteiger partial charge on any atom is 0.209 e. The van der Waals surface area contributed by atoms with Crippen LogP contribution in [0.3, 0.4) is 0 Å². The Balaban J connectivity index is -0.000000260.